The average Bonchev–Trinajstić information content (AvgIpc) is 2.46. The Morgan fingerprint density at radius 3 is 2.68 bits per heavy atom. The Morgan fingerprint density at radius 2 is 2.00 bits per heavy atom. The Morgan fingerprint density at radius 1 is 1.32 bits per heavy atom. The molecule has 0 amide bonds. The van der Waals surface area contributed by atoms with Gasteiger partial charge in [0.05, 0.1) is 20.3 Å². The number of rotatable bonds is 5. The van der Waals surface area contributed by atoms with E-state index in [1.54, 1.807) is 13.2 Å². The number of benzene rings is 1. The average molecular weight is 286 g/mol. The summed E-state index contributed by atoms with van der Waals surface area (Å²) >= 11 is 0. The van der Waals surface area contributed by atoms with Gasteiger partial charge in [-0.3, -0.25) is 0 Å². The van der Waals surface area contributed by atoms with Gasteiger partial charge in [-0.2, -0.15) is 17.4 Å². The lowest BCUT2D eigenvalue weighted by Crippen LogP contribution is -2.46. The Kier molecular flexibility index (Phi) is 4.76. The fourth-order valence-corrected chi connectivity index (χ4v) is 3.05. The van der Waals surface area contributed by atoms with E-state index < -0.39 is 10.2 Å². The van der Waals surface area contributed by atoms with E-state index in [1.165, 1.54) is 4.31 Å². The van der Waals surface area contributed by atoms with Crippen LogP contribution in [0, 0.1) is 0 Å². The minimum absolute atomic E-state index is 0.212. The molecule has 0 saturated carbocycles. The van der Waals surface area contributed by atoms with Crippen LogP contribution in [0.3, 0.4) is 0 Å². The van der Waals surface area contributed by atoms with E-state index in [-0.39, 0.29) is 6.54 Å². The van der Waals surface area contributed by atoms with Crippen LogP contribution in [0.15, 0.2) is 24.3 Å². The van der Waals surface area contributed by atoms with Gasteiger partial charge in [-0.1, -0.05) is 18.2 Å². The van der Waals surface area contributed by atoms with Gasteiger partial charge in [0.25, 0.3) is 10.2 Å². The summed E-state index contributed by atoms with van der Waals surface area (Å²) in [4.78, 5) is 0. The molecule has 6 nitrogen and oxygen atoms in total. The second-order valence-electron chi connectivity index (χ2n) is 4.15. The molecule has 106 valence electrons. The van der Waals surface area contributed by atoms with Crippen molar-refractivity contribution in [2.45, 2.75) is 6.54 Å². The largest absolute Gasteiger partial charge is 0.496 e. The minimum Gasteiger partial charge on any atom is -0.496 e. The number of methoxy groups -OCH3 is 1. The highest BCUT2D eigenvalue weighted by atomic mass is 32.2. The molecule has 0 unspecified atom stereocenters. The summed E-state index contributed by atoms with van der Waals surface area (Å²) in [5.41, 5.74) is 0.807. The Balaban J connectivity index is 2.00. The number of morpholine rings is 1. The summed E-state index contributed by atoms with van der Waals surface area (Å²) < 4.78 is 38.5. The van der Waals surface area contributed by atoms with Gasteiger partial charge < -0.3 is 9.47 Å². The molecule has 7 heteroatoms. The SMILES string of the molecule is COc1ccccc1CNS(=O)(=O)N1CCOCC1. The predicted molar refractivity (Wildman–Crippen MR) is 71.1 cm³/mol. The quantitative estimate of drug-likeness (QED) is 0.849. The highest BCUT2D eigenvalue weighted by Crippen LogP contribution is 2.17. The molecule has 1 saturated heterocycles. The zero-order valence-corrected chi connectivity index (χ0v) is 11.6. The van der Waals surface area contributed by atoms with Gasteiger partial charge in [0.2, 0.25) is 0 Å². The normalized spacial score (nSPS) is 17.3. The maximum absolute atomic E-state index is 12.1. The number of hydrogen-bond donors (Lipinski definition) is 1. The van der Waals surface area contributed by atoms with Crippen LogP contribution in [0.1, 0.15) is 5.56 Å². The van der Waals surface area contributed by atoms with E-state index in [9.17, 15) is 8.42 Å². The highest BCUT2D eigenvalue weighted by Gasteiger charge is 2.23. The summed E-state index contributed by atoms with van der Waals surface area (Å²) in [5, 5.41) is 0. The highest BCUT2D eigenvalue weighted by molar-refractivity contribution is 7.87. The topological polar surface area (TPSA) is 67.9 Å². The Labute approximate surface area is 113 Å². The summed E-state index contributed by atoms with van der Waals surface area (Å²) in [5.74, 6) is 0.673. The Hall–Kier alpha value is -1.15. The molecule has 1 aliphatic heterocycles. The molecule has 1 aromatic carbocycles. The van der Waals surface area contributed by atoms with E-state index in [4.69, 9.17) is 9.47 Å². The molecule has 0 atom stereocenters. The summed E-state index contributed by atoms with van der Waals surface area (Å²) in [6, 6.07) is 7.33. The fourth-order valence-electron chi connectivity index (χ4n) is 1.90. The van der Waals surface area contributed by atoms with Crippen LogP contribution in [-0.2, 0) is 21.5 Å². The minimum atomic E-state index is -3.46. The van der Waals surface area contributed by atoms with Crippen LogP contribution in [0.4, 0.5) is 0 Å². The van der Waals surface area contributed by atoms with Crippen molar-refractivity contribution in [2.75, 3.05) is 33.4 Å². The van der Waals surface area contributed by atoms with Crippen molar-refractivity contribution >= 4 is 10.2 Å². The molecule has 1 fully saturated rings. The first-order valence-corrected chi connectivity index (χ1v) is 7.52. The first-order chi connectivity index (χ1) is 9.13. The van der Waals surface area contributed by atoms with Gasteiger partial charge in [0.15, 0.2) is 0 Å². The lowest BCUT2D eigenvalue weighted by Gasteiger charge is -2.26. The number of ether oxygens (including phenoxy) is 2. The lowest BCUT2D eigenvalue weighted by molar-refractivity contribution is 0.0724. The van der Waals surface area contributed by atoms with Gasteiger partial charge in [0.1, 0.15) is 5.75 Å². The lowest BCUT2D eigenvalue weighted by atomic mass is 10.2. The molecule has 0 bridgehead atoms. The van der Waals surface area contributed by atoms with Crippen molar-refractivity contribution in [3.8, 4) is 5.75 Å². The van der Waals surface area contributed by atoms with Gasteiger partial charge in [-0.15, -0.1) is 0 Å². The van der Waals surface area contributed by atoms with E-state index in [2.05, 4.69) is 4.72 Å². The van der Waals surface area contributed by atoms with Crippen molar-refractivity contribution in [1.29, 1.82) is 0 Å². The van der Waals surface area contributed by atoms with E-state index >= 15 is 0 Å². The first-order valence-electron chi connectivity index (χ1n) is 6.08. The maximum Gasteiger partial charge on any atom is 0.279 e. The smallest absolute Gasteiger partial charge is 0.279 e. The number of hydrogen-bond acceptors (Lipinski definition) is 4. The number of nitrogens with zero attached hydrogens (tertiary/aromatic N) is 1. The van der Waals surface area contributed by atoms with Crippen molar-refractivity contribution in [2.24, 2.45) is 0 Å². The molecule has 19 heavy (non-hydrogen) atoms. The molecule has 1 aliphatic rings. The third-order valence-electron chi connectivity index (χ3n) is 2.95. The molecule has 0 aromatic heterocycles. The van der Waals surface area contributed by atoms with Gasteiger partial charge in [-0.25, -0.2) is 0 Å². The molecular formula is C12H18N2O4S. The summed E-state index contributed by atoms with van der Waals surface area (Å²) in [6.07, 6.45) is 0. The van der Waals surface area contributed by atoms with Crippen LogP contribution < -0.4 is 9.46 Å². The van der Waals surface area contributed by atoms with Crippen molar-refractivity contribution in [3.05, 3.63) is 29.8 Å². The van der Waals surface area contributed by atoms with Crippen LogP contribution in [0.2, 0.25) is 0 Å². The van der Waals surface area contributed by atoms with Crippen LogP contribution >= 0.6 is 0 Å². The molecule has 0 aliphatic carbocycles. The third kappa shape index (κ3) is 3.66. The molecular weight excluding hydrogens is 268 g/mol. The maximum atomic E-state index is 12.1. The van der Waals surface area contributed by atoms with E-state index in [0.717, 1.165) is 5.56 Å². The molecule has 1 N–H and O–H groups in total. The number of para-hydroxylation sites is 1. The van der Waals surface area contributed by atoms with Crippen molar-refractivity contribution in [3.63, 3.8) is 0 Å². The number of nitrogens with one attached hydrogen (secondary N) is 1. The standard InChI is InChI=1S/C12H18N2O4S/c1-17-12-5-3-2-4-11(12)10-13-19(15,16)14-6-8-18-9-7-14/h2-5,13H,6-10H2,1H3. The van der Waals surface area contributed by atoms with Gasteiger partial charge >= 0.3 is 0 Å². The first kappa shape index (κ1) is 14.3. The summed E-state index contributed by atoms with van der Waals surface area (Å²) in [6.45, 7) is 1.87. The third-order valence-corrected chi connectivity index (χ3v) is 4.50. The van der Waals surface area contributed by atoms with Crippen molar-refractivity contribution < 1.29 is 17.9 Å². The molecule has 0 spiro atoms. The monoisotopic (exact) mass is 286 g/mol. The Bertz CT molecular complexity index is 512. The molecule has 2 rings (SSSR count). The van der Waals surface area contributed by atoms with Crippen LogP contribution in [-0.4, -0.2) is 46.1 Å². The van der Waals surface area contributed by atoms with Crippen LogP contribution in [0.5, 0.6) is 5.75 Å². The van der Waals surface area contributed by atoms with E-state index in [1.807, 2.05) is 18.2 Å². The second-order valence-corrected chi connectivity index (χ2v) is 5.90. The molecule has 0 radical (unpaired) electrons. The second kappa shape index (κ2) is 6.33. The van der Waals surface area contributed by atoms with Crippen molar-refractivity contribution in [1.82, 2.24) is 9.03 Å². The van der Waals surface area contributed by atoms with Crippen LogP contribution in [0.25, 0.3) is 0 Å². The predicted octanol–water partition coefficient (Wildman–Crippen LogP) is 0.362. The van der Waals surface area contributed by atoms with Gasteiger partial charge in [0, 0.05) is 25.2 Å². The zero-order valence-electron chi connectivity index (χ0n) is 10.8. The zero-order chi connectivity index (χ0) is 13.7. The molecule has 1 heterocycles. The molecule has 1 aromatic rings. The summed E-state index contributed by atoms with van der Waals surface area (Å²) in [7, 11) is -1.89. The fraction of sp³-hybridized carbons (Fsp3) is 0.500. The van der Waals surface area contributed by atoms with E-state index in [0.29, 0.717) is 32.1 Å². The van der Waals surface area contributed by atoms with Gasteiger partial charge in [-0.05, 0) is 6.07 Å².